The molecule has 6 nitrogen and oxygen atoms in total. The fraction of sp³-hybridized carbons (Fsp3) is 0.190. The van der Waals surface area contributed by atoms with Gasteiger partial charge in [-0.25, -0.2) is 0 Å². The first-order valence-corrected chi connectivity index (χ1v) is 8.70. The Balaban J connectivity index is 1.95. The Bertz CT molecular complexity index is 1100. The number of rotatable bonds is 6. The fourth-order valence-corrected chi connectivity index (χ4v) is 3.09. The summed E-state index contributed by atoms with van der Waals surface area (Å²) in [5.74, 6) is -0.334. The average Bonchev–Trinajstić information content (AvgIpc) is 2.69. The molecular formula is C21H21N3O3. The van der Waals surface area contributed by atoms with E-state index in [1.807, 2.05) is 37.3 Å². The molecule has 0 aliphatic rings. The molecule has 0 saturated carbocycles. The normalized spacial score (nSPS) is 11.9. The van der Waals surface area contributed by atoms with Crippen molar-refractivity contribution in [2.24, 2.45) is 0 Å². The Labute approximate surface area is 156 Å². The second-order valence-corrected chi connectivity index (χ2v) is 6.28. The van der Waals surface area contributed by atoms with Gasteiger partial charge in [-0.3, -0.25) is 23.5 Å². The third-order valence-corrected chi connectivity index (χ3v) is 4.43. The van der Waals surface area contributed by atoms with Gasteiger partial charge in [0.2, 0.25) is 5.91 Å². The minimum Gasteiger partial charge on any atom is -0.348 e. The molecule has 1 amide bonds. The van der Waals surface area contributed by atoms with Gasteiger partial charge >= 0.3 is 11.1 Å². The van der Waals surface area contributed by atoms with Crippen molar-refractivity contribution in [3.05, 3.63) is 93.5 Å². The highest BCUT2D eigenvalue weighted by molar-refractivity contribution is 5.80. The maximum Gasteiger partial charge on any atom is 0.317 e. The first kappa shape index (κ1) is 18.4. The van der Waals surface area contributed by atoms with Crippen molar-refractivity contribution >= 4 is 16.9 Å². The number of fused-ring (bicyclic) bond motifs is 1. The summed E-state index contributed by atoms with van der Waals surface area (Å²) in [7, 11) is 0. The lowest BCUT2D eigenvalue weighted by Crippen LogP contribution is -2.44. The molecule has 0 aliphatic carbocycles. The Hall–Kier alpha value is -3.41. The molecule has 0 fully saturated rings. The van der Waals surface area contributed by atoms with Gasteiger partial charge in [0.15, 0.2) is 0 Å². The lowest BCUT2D eigenvalue weighted by molar-refractivity contribution is -0.122. The van der Waals surface area contributed by atoms with Crippen molar-refractivity contribution in [1.82, 2.24) is 14.5 Å². The van der Waals surface area contributed by atoms with Crippen LogP contribution in [0.25, 0.3) is 11.0 Å². The molecule has 0 radical (unpaired) electrons. The second kappa shape index (κ2) is 7.86. The number of nitrogens with zero attached hydrogens (tertiary/aromatic N) is 2. The van der Waals surface area contributed by atoms with Gasteiger partial charge < -0.3 is 5.32 Å². The minimum absolute atomic E-state index is 0.207. The molecule has 138 valence electrons. The molecule has 0 bridgehead atoms. The summed E-state index contributed by atoms with van der Waals surface area (Å²) < 4.78 is 2.59. The summed E-state index contributed by atoms with van der Waals surface area (Å²) in [5, 5.41) is 2.87. The number of aromatic nitrogens is 2. The predicted molar refractivity (Wildman–Crippen MR) is 106 cm³/mol. The van der Waals surface area contributed by atoms with Crippen LogP contribution in [-0.4, -0.2) is 15.0 Å². The Morgan fingerprint density at radius 2 is 1.56 bits per heavy atom. The smallest absolute Gasteiger partial charge is 0.317 e. The van der Waals surface area contributed by atoms with Crippen molar-refractivity contribution in [3.8, 4) is 0 Å². The number of allylic oxidation sites excluding steroid dienone is 1. The van der Waals surface area contributed by atoms with Crippen LogP contribution in [0.4, 0.5) is 0 Å². The third kappa shape index (κ3) is 3.74. The lowest BCUT2D eigenvalue weighted by atomic mass is 10.1. The first-order valence-electron chi connectivity index (χ1n) is 8.70. The van der Waals surface area contributed by atoms with E-state index in [2.05, 4.69) is 11.9 Å². The van der Waals surface area contributed by atoms with Crippen LogP contribution in [0.2, 0.25) is 0 Å². The van der Waals surface area contributed by atoms with Crippen LogP contribution < -0.4 is 16.4 Å². The third-order valence-electron chi connectivity index (χ3n) is 4.43. The SMILES string of the molecule is C=CCn1c(=O)c(=O)n(CC(=O)N[C@H](C)c2ccccc2)c2ccccc21. The van der Waals surface area contributed by atoms with Gasteiger partial charge in [-0.2, -0.15) is 0 Å². The van der Waals surface area contributed by atoms with Crippen LogP contribution in [0.3, 0.4) is 0 Å². The van der Waals surface area contributed by atoms with E-state index in [-0.39, 0.29) is 25.0 Å². The van der Waals surface area contributed by atoms with Gasteiger partial charge in [0.05, 0.1) is 17.1 Å². The average molecular weight is 363 g/mol. The fourth-order valence-electron chi connectivity index (χ4n) is 3.09. The van der Waals surface area contributed by atoms with Crippen LogP contribution in [0.15, 0.2) is 76.8 Å². The molecule has 1 heterocycles. The van der Waals surface area contributed by atoms with Crippen molar-refractivity contribution in [3.63, 3.8) is 0 Å². The number of hydrogen-bond donors (Lipinski definition) is 1. The lowest BCUT2D eigenvalue weighted by Gasteiger charge is -2.17. The van der Waals surface area contributed by atoms with E-state index in [9.17, 15) is 14.4 Å². The van der Waals surface area contributed by atoms with E-state index >= 15 is 0 Å². The summed E-state index contributed by atoms with van der Waals surface area (Å²) in [4.78, 5) is 37.6. The quantitative estimate of drug-likeness (QED) is 0.539. The molecular weight excluding hydrogens is 342 g/mol. The summed E-state index contributed by atoms with van der Waals surface area (Å²) in [6, 6.07) is 16.4. The number of para-hydroxylation sites is 2. The molecule has 1 atom stereocenters. The molecule has 0 spiro atoms. The van der Waals surface area contributed by atoms with Gasteiger partial charge in [-0.1, -0.05) is 48.5 Å². The van der Waals surface area contributed by atoms with E-state index < -0.39 is 11.1 Å². The van der Waals surface area contributed by atoms with Gasteiger partial charge in [0.25, 0.3) is 0 Å². The molecule has 3 aromatic rings. The summed E-state index contributed by atoms with van der Waals surface area (Å²) in [6.45, 7) is 5.51. The highest BCUT2D eigenvalue weighted by Gasteiger charge is 2.16. The summed E-state index contributed by atoms with van der Waals surface area (Å²) in [5.41, 5.74) is 0.692. The minimum atomic E-state index is -0.724. The zero-order valence-electron chi connectivity index (χ0n) is 15.1. The number of amides is 1. The Morgan fingerprint density at radius 1 is 1.00 bits per heavy atom. The highest BCUT2D eigenvalue weighted by Crippen LogP contribution is 2.13. The molecule has 2 aromatic carbocycles. The maximum atomic E-state index is 12.6. The van der Waals surface area contributed by atoms with Crippen LogP contribution in [0, 0.1) is 0 Å². The highest BCUT2D eigenvalue weighted by atomic mass is 16.2. The number of hydrogen-bond acceptors (Lipinski definition) is 3. The summed E-state index contributed by atoms with van der Waals surface area (Å²) >= 11 is 0. The second-order valence-electron chi connectivity index (χ2n) is 6.28. The van der Waals surface area contributed by atoms with E-state index in [1.54, 1.807) is 30.3 Å². The zero-order valence-corrected chi connectivity index (χ0v) is 15.1. The van der Waals surface area contributed by atoms with E-state index in [4.69, 9.17) is 0 Å². The molecule has 6 heteroatoms. The van der Waals surface area contributed by atoms with Crippen LogP contribution >= 0.6 is 0 Å². The number of carbonyl (C=O) groups excluding carboxylic acids is 1. The van der Waals surface area contributed by atoms with Gasteiger partial charge in [-0.15, -0.1) is 6.58 Å². The number of carbonyl (C=O) groups is 1. The van der Waals surface area contributed by atoms with Gasteiger partial charge in [0, 0.05) is 6.54 Å². The molecule has 0 unspecified atom stereocenters. The molecule has 0 saturated heterocycles. The van der Waals surface area contributed by atoms with Crippen molar-refractivity contribution in [2.75, 3.05) is 0 Å². The largest absolute Gasteiger partial charge is 0.348 e. The predicted octanol–water partition coefficient (Wildman–Crippen LogP) is 2.23. The van der Waals surface area contributed by atoms with Crippen LogP contribution in [-0.2, 0) is 17.9 Å². The zero-order chi connectivity index (χ0) is 19.4. The summed E-state index contributed by atoms with van der Waals surface area (Å²) in [6.07, 6.45) is 1.56. The Kier molecular flexibility index (Phi) is 5.35. The van der Waals surface area contributed by atoms with E-state index in [1.165, 1.54) is 9.13 Å². The number of nitrogens with one attached hydrogen (secondary N) is 1. The molecule has 27 heavy (non-hydrogen) atoms. The maximum absolute atomic E-state index is 12.6. The van der Waals surface area contributed by atoms with Crippen LogP contribution in [0.1, 0.15) is 18.5 Å². The van der Waals surface area contributed by atoms with Crippen LogP contribution in [0.5, 0.6) is 0 Å². The van der Waals surface area contributed by atoms with Crippen molar-refractivity contribution in [2.45, 2.75) is 26.1 Å². The monoisotopic (exact) mass is 363 g/mol. The van der Waals surface area contributed by atoms with E-state index in [0.717, 1.165) is 5.56 Å². The van der Waals surface area contributed by atoms with Crippen molar-refractivity contribution < 1.29 is 4.79 Å². The van der Waals surface area contributed by atoms with Gasteiger partial charge in [-0.05, 0) is 24.6 Å². The topological polar surface area (TPSA) is 73.1 Å². The van der Waals surface area contributed by atoms with E-state index in [0.29, 0.717) is 11.0 Å². The Morgan fingerprint density at radius 3 is 2.19 bits per heavy atom. The standard InChI is InChI=1S/C21H21N3O3/c1-3-13-23-17-11-7-8-12-18(17)24(21(27)20(23)26)14-19(25)22-15(2)16-9-5-4-6-10-16/h3-12,15H,1,13-14H2,2H3,(H,22,25)/t15-/m1/s1. The first-order chi connectivity index (χ1) is 13.0. The van der Waals surface area contributed by atoms with Crippen molar-refractivity contribution in [1.29, 1.82) is 0 Å². The molecule has 1 aromatic heterocycles. The number of benzene rings is 2. The molecule has 3 rings (SSSR count). The van der Waals surface area contributed by atoms with Gasteiger partial charge in [0.1, 0.15) is 6.54 Å². The molecule has 1 N–H and O–H groups in total. The molecule has 0 aliphatic heterocycles.